The topological polar surface area (TPSA) is 56.5 Å². The molecule has 4 nitrogen and oxygen atoms in total. The van der Waals surface area contributed by atoms with Crippen LogP contribution in [0, 0.1) is 11.3 Å². The first kappa shape index (κ1) is 11.9. The van der Waals surface area contributed by atoms with Crippen LogP contribution in [0.5, 0.6) is 5.75 Å². The largest absolute Gasteiger partial charge is 0.495 e. The van der Waals surface area contributed by atoms with Crippen LogP contribution in [0.15, 0.2) is 18.2 Å². The highest BCUT2D eigenvalue weighted by molar-refractivity contribution is 5.45. The number of rotatable bonds is 3. The predicted molar refractivity (Wildman–Crippen MR) is 63.6 cm³/mol. The van der Waals surface area contributed by atoms with Gasteiger partial charge in [0.25, 0.3) is 0 Å². The Morgan fingerprint density at radius 1 is 1.59 bits per heavy atom. The van der Waals surface area contributed by atoms with E-state index in [0.717, 1.165) is 25.1 Å². The zero-order chi connectivity index (χ0) is 12.3. The number of aliphatic hydroxyl groups is 1. The van der Waals surface area contributed by atoms with E-state index in [0.29, 0.717) is 17.9 Å². The van der Waals surface area contributed by atoms with Gasteiger partial charge < -0.3 is 9.84 Å². The molecule has 1 saturated heterocycles. The van der Waals surface area contributed by atoms with E-state index in [-0.39, 0.29) is 6.10 Å². The number of hydrogen-bond acceptors (Lipinski definition) is 4. The van der Waals surface area contributed by atoms with Crippen molar-refractivity contribution in [1.29, 1.82) is 5.26 Å². The first-order chi connectivity index (χ1) is 8.22. The fourth-order valence-electron chi connectivity index (χ4n) is 2.15. The molecule has 1 atom stereocenters. The Hall–Kier alpha value is -1.57. The van der Waals surface area contributed by atoms with E-state index < -0.39 is 0 Å². The maximum atomic E-state index is 9.45. The van der Waals surface area contributed by atoms with Crippen molar-refractivity contribution < 1.29 is 9.84 Å². The van der Waals surface area contributed by atoms with Gasteiger partial charge in [0.2, 0.25) is 0 Å². The molecule has 0 bridgehead atoms. The highest BCUT2D eigenvalue weighted by Gasteiger charge is 2.20. The number of methoxy groups -OCH3 is 1. The second kappa shape index (κ2) is 5.17. The van der Waals surface area contributed by atoms with Gasteiger partial charge in [-0.25, -0.2) is 0 Å². The standard InChI is InChI=1S/C13H16N2O2/c1-17-13-3-2-10(6-11(13)7-14)8-15-5-4-12(16)9-15/h2-3,6,12,16H,4-5,8-9H2,1H3/t12-/m1/s1. The van der Waals surface area contributed by atoms with Crippen LogP contribution in [-0.4, -0.2) is 36.3 Å². The summed E-state index contributed by atoms with van der Waals surface area (Å²) in [6.45, 7) is 2.40. The van der Waals surface area contributed by atoms with E-state index >= 15 is 0 Å². The molecular weight excluding hydrogens is 216 g/mol. The highest BCUT2D eigenvalue weighted by Crippen LogP contribution is 2.21. The van der Waals surface area contributed by atoms with E-state index in [4.69, 9.17) is 10.00 Å². The minimum Gasteiger partial charge on any atom is -0.495 e. The van der Waals surface area contributed by atoms with Gasteiger partial charge in [-0.1, -0.05) is 6.07 Å². The third kappa shape index (κ3) is 2.76. The van der Waals surface area contributed by atoms with Gasteiger partial charge in [-0.15, -0.1) is 0 Å². The Labute approximate surface area is 101 Å². The van der Waals surface area contributed by atoms with Crippen LogP contribution in [0.25, 0.3) is 0 Å². The Kier molecular flexibility index (Phi) is 3.62. The number of nitrogens with zero attached hydrogens (tertiary/aromatic N) is 2. The molecule has 2 rings (SSSR count). The molecule has 1 aliphatic rings. The average Bonchev–Trinajstić information content (AvgIpc) is 2.74. The van der Waals surface area contributed by atoms with Crippen molar-refractivity contribution in [3.05, 3.63) is 29.3 Å². The Bertz CT molecular complexity index is 440. The van der Waals surface area contributed by atoms with Crippen molar-refractivity contribution in [2.45, 2.75) is 19.1 Å². The Morgan fingerprint density at radius 3 is 3.00 bits per heavy atom. The van der Waals surface area contributed by atoms with Crippen molar-refractivity contribution in [2.24, 2.45) is 0 Å². The van der Waals surface area contributed by atoms with Gasteiger partial charge in [0.1, 0.15) is 11.8 Å². The highest BCUT2D eigenvalue weighted by atomic mass is 16.5. The van der Waals surface area contributed by atoms with Gasteiger partial charge in [-0.3, -0.25) is 4.90 Å². The summed E-state index contributed by atoms with van der Waals surface area (Å²) in [5.41, 5.74) is 1.64. The van der Waals surface area contributed by atoms with E-state index in [2.05, 4.69) is 11.0 Å². The summed E-state index contributed by atoms with van der Waals surface area (Å²) in [6, 6.07) is 7.76. The lowest BCUT2D eigenvalue weighted by Gasteiger charge is -2.15. The van der Waals surface area contributed by atoms with E-state index in [1.807, 2.05) is 18.2 Å². The normalized spacial score (nSPS) is 20.2. The number of hydrogen-bond donors (Lipinski definition) is 1. The van der Waals surface area contributed by atoms with Crippen molar-refractivity contribution >= 4 is 0 Å². The summed E-state index contributed by atoms with van der Waals surface area (Å²) in [7, 11) is 1.56. The van der Waals surface area contributed by atoms with Crippen molar-refractivity contribution in [3.63, 3.8) is 0 Å². The summed E-state index contributed by atoms with van der Waals surface area (Å²) in [5, 5.41) is 18.4. The lowest BCUT2D eigenvalue weighted by molar-refractivity contribution is 0.175. The van der Waals surface area contributed by atoms with Crippen molar-refractivity contribution in [2.75, 3.05) is 20.2 Å². The molecule has 90 valence electrons. The quantitative estimate of drug-likeness (QED) is 0.849. The first-order valence-electron chi connectivity index (χ1n) is 5.70. The molecule has 0 spiro atoms. The second-order valence-electron chi connectivity index (χ2n) is 4.32. The van der Waals surface area contributed by atoms with Crippen molar-refractivity contribution in [1.82, 2.24) is 4.90 Å². The number of benzene rings is 1. The molecule has 0 saturated carbocycles. The maximum absolute atomic E-state index is 9.45. The van der Waals surface area contributed by atoms with Gasteiger partial charge in [0.15, 0.2) is 0 Å². The Balaban J connectivity index is 2.09. The van der Waals surface area contributed by atoms with Gasteiger partial charge >= 0.3 is 0 Å². The summed E-state index contributed by atoms with van der Waals surface area (Å²) in [6.07, 6.45) is 0.630. The van der Waals surface area contributed by atoms with E-state index in [1.54, 1.807) is 7.11 Å². The third-order valence-corrected chi connectivity index (χ3v) is 3.04. The number of ether oxygens (including phenoxy) is 1. The smallest absolute Gasteiger partial charge is 0.136 e. The van der Waals surface area contributed by atoms with Gasteiger partial charge in [0, 0.05) is 19.6 Å². The average molecular weight is 232 g/mol. The molecule has 1 aliphatic heterocycles. The Morgan fingerprint density at radius 2 is 2.41 bits per heavy atom. The van der Waals surface area contributed by atoms with Crippen LogP contribution in [0.3, 0.4) is 0 Å². The minimum atomic E-state index is -0.205. The molecule has 0 unspecified atom stereocenters. The monoisotopic (exact) mass is 232 g/mol. The van der Waals surface area contributed by atoms with Crippen LogP contribution in [0.2, 0.25) is 0 Å². The molecule has 0 aromatic heterocycles. The molecule has 0 aliphatic carbocycles. The number of β-amino-alcohol motifs (C(OH)–C–C–N with tert-alkyl or cyclic N) is 1. The summed E-state index contributed by atoms with van der Waals surface area (Å²) in [4.78, 5) is 2.19. The van der Waals surface area contributed by atoms with Crippen LogP contribution in [0.4, 0.5) is 0 Å². The summed E-state index contributed by atoms with van der Waals surface area (Å²) < 4.78 is 5.10. The fourth-order valence-corrected chi connectivity index (χ4v) is 2.15. The first-order valence-corrected chi connectivity index (χ1v) is 5.70. The molecule has 4 heteroatoms. The summed E-state index contributed by atoms with van der Waals surface area (Å²) in [5.74, 6) is 0.609. The van der Waals surface area contributed by atoms with E-state index in [9.17, 15) is 5.11 Å². The fraction of sp³-hybridized carbons (Fsp3) is 0.462. The predicted octanol–water partition coefficient (Wildman–Crippen LogP) is 1.13. The van der Waals surface area contributed by atoms with Gasteiger partial charge in [-0.2, -0.15) is 5.26 Å². The molecular formula is C13H16N2O2. The zero-order valence-electron chi connectivity index (χ0n) is 9.89. The molecule has 1 aromatic carbocycles. The zero-order valence-corrected chi connectivity index (χ0v) is 9.89. The van der Waals surface area contributed by atoms with Crippen LogP contribution >= 0.6 is 0 Å². The SMILES string of the molecule is COc1ccc(CN2CC[C@@H](O)C2)cc1C#N. The number of aliphatic hydroxyl groups excluding tert-OH is 1. The number of likely N-dealkylation sites (tertiary alicyclic amines) is 1. The van der Waals surface area contributed by atoms with Crippen LogP contribution < -0.4 is 4.74 Å². The van der Waals surface area contributed by atoms with Gasteiger partial charge in [0.05, 0.1) is 18.8 Å². The summed E-state index contributed by atoms with van der Waals surface area (Å²) >= 11 is 0. The van der Waals surface area contributed by atoms with Crippen LogP contribution in [-0.2, 0) is 6.54 Å². The molecule has 1 aromatic rings. The van der Waals surface area contributed by atoms with Crippen molar-refractivity contribution in [3.8, 4) is 11.8 Å². The molecule has 1 fully saturated rings. The third-order valence-electron chi connectivity index (χ3n) is 3.04. The molecule has 0 amide bonds. The van der Waals surface area contributed by atoms with Crippen LogP contribution in [0.1, 0.15) is 17.5 Å². The number of nitriles is 1. The maximum Gasteiger partial charge on any atom is 0.136 e. The molecule has 1 heterocycles. The second-order valence-corrected chi connectivity index (χ2v) is 4.32. The lowest BCUT2D eigenvalue weighted by atomic mass is 10.1. The molecule has 17 heavy (non-hydrogen) atoms. The molecule has 1 N–H and O–H groups in total. The lowest BCUT2D eigenvalue weighted by Crippen LogP contribution is -2.21. The van der Waals surface area contributed by atoms with E-state index in [1.165, 1.54) is 0 Å². The van der Waals surface area contributed by atoms with Gasteiger partial charge in [-0.05, 0) is 24.1 Å². The minimum absolute atomic E-state index is 0.205. The molecule has 0 radical (unpaired) electrons.